The van der Waals surface area contributed by atoms with E-state index in [1.54, 1.807) is 13.4 Å². The molecule has 0 fully saturated rings. The van der Waals surface area contributed by atoms with Crippen LogP contribution in [0.15, 0.2) is 30.6 Å². The van der Waals surface area contributed by atoms with Crippen LogP contribution in [0, 0.1) is 6.92 Å². The molecule has 17 heavy (non-hydrogen) atoms. The van der Waals surface area contributed by atoms with Gasteiger partial charge in [0.15, 0.2) is 0 Å². The molecule has 0 amide bonds. The predicted molar refractivity (Wildman–Crippen MR) is 66.9 cm³/mol. The lowest BCUT2D eigenvalue weighted by Crippen LogP contribution is -2.13. The molecule has 0 radical (unpaired) electrons. The Morgan fingerprint density at radius 1 is 1.35 bits per heavy atom. The monoisotopic (exact) mass is 231 g/mol. The van der Waals surface area contributed by atoms with Gasteiger partial charge in [-0.05, 0) is 24.6 Å². The number of benzene rings is 1. The molecule has 2 N–H and O–H groups in total. The first kappa shape index (κ1) is 11.7. The molecule has 1 aromatic carbocycles. The summed E-state index contributed by atoms with van der Waals surface area (Å²) in [6, 6.07) is 8.05. The molecular formula is C13H17N3O. The average Bonchev–Trinajstić information content (AvgIpc) is 2.76. The topological polar surface area (TPSA) is 49.9 Å². The number of ether oxygens (including phenoxy) is 1. The third-order valence-corrected chi connectivity index (χ3v) is 2.69. The molecule has 0 spiro atoms. The fourth-order valence-electron chi connectivity index (χ4n) is 1.67. The second kappa shape index (κ2) is 5.50. The molecule has 4 heteroatoms. The van der Waals surface area contributed by atoms with Crippen molar-refractivity contribution in [1.29, 1.82) is 0 Å². The minimum absolute atomic E-state index is 0.770. The van der Waals surface area contributed by atoms with Crippen LogP contribution in [-0.2, 0) is 13.1 Å². The molecule has 0 aliphatic carbocycles. The summed E-state index contributed by atoms with van der Waals surface area (Å²) in [6.45, 7) is 3.60. The number of hydrogen-bond acceptors (Lipinski definition) is 3. The smallest absolute Gasteiger partial charge is 0.119 e. The highest BCUT2D eigenvalue weighted by Crippen LogP contribution is 2.12. The quantitative estimate of drug-likeness (QED) is 0.827. The van der Waals surface area contributed by atoms with Crippen LogP contribution < -0.4 is 10.1 Å². The van der Waals surface area contributed by atoms with Crippen LogP contribution in [0.3, 0.4) is 0 Å². The SMILES string of the molecule is COc1cccc(CNCc2nc[nH]c2C)c1. The number of nitrogens with zero attached hydrogens (tertiary/aromatic N) is 1. The molecule has 0 saturated heterocycles. The predicted octanol–water partition coefficient (Wildman–Crippen LogP) is 2.02. The number of methoxy groups -OCH3 is 1. The molecule has 0 unspecified atom stereocenters. The van der Waals surface area contributed by atoms with E-state index in [1.165, 1.54) is 5.56 Å². The third-order valence-electron chi connectivity index (χ3n) is 2.69. The van der Waals surface area contributed by atoms with Crippen LogP contribution in [-0.4, -0.2) is 17.1 Å². The van der Waals surface area contributed by atoms with Gasteiger partial charge in [-0.3, -0.25) is 0 Å². The highest BCUT2D eigenvalue weighted by molar-refractivity contribution is 5.28. The molecule has 0 aliphatic rings. The second-order valence-electron chi connectivity index (χ2n) is 3.93. The largest absolute Gasteiger partial charge is 0.497 e. The molecule has 2 rings (SSSR count). The molecule has 0 atom stereocenters. The molecular weight excluding hydrogens is 214 g/mol. The van der Waals surface area contributed by atoms with Crippen molar-refractivity contribution in [3.05, 3.63) is 47.5 Å². The number of imidazole rings is 1. The third kappa shape index (κ3) is 3.07. The van der Waals surface area contributed by atoms with Crippen LogP contribution in [0.4, 0.5) is 0 Å². The van der Waals surface area contributed by atoms with Gasteiger partial charge < -0.3 is 15.0 Å². The zero-order chi connectivity index (χ0) is 12.1. The Morgan fingerprint density at radius 3 is 2.94 bits per heavy atom. The summed E-state index contributed by atoms with van der Waals surface area (Å²) < 4.78 is 5.18. The first-order valence-corrected chi connectivity index (χ1v) is 5.62. The van der Waals surface area contributed by atoms with E-state index in [9.17, 15) is 0 Å². The number of aromatic amines is 1. The number of aromatic nitrogens is 2. The van der Waals surface area contributed by atoms with Crippen LogP contribution >= 0.6 is 0 Å². The standard InChI is InChI=1S/C13H17N3O/c1-10-13(16-9-15-10)8-14-7-11-4-3-5-12(6-11)17-2/h3-6,9,14H,7-8H2,1-2H3,(H,15,16). The van der Waals surface area contributed by atoms with Gasteiger partial charge in [-0.1, -0.05) is 12.1 Å². The van der Waals surface area contributed by atoms with Crippen molar-refractivity contribution in [1.82, 2.24) is 15.3 Å². The maximum Gasteiger partial charge on any atom is 0.119 e. The summed E-state index contributed by atoms with van der Waals surface area (Å²) >= 11 is 0. The van der Waals surface area contributed by atoms with Crippen LogP contribution in [0.5, 0.6) is 5.75 Å². The van der Waals surface area contributed by atoms with Gasteiger partial charge in [-0.15, -0.1) is 0 Å². The molecule has 0 aliphatic heterocycles. The van der Waals surface area contributed by atoms with Crippen LogP contribution in [0.2, 0.25) is 0 Å². The average molecular weight is 231 g/mol. The van der Waals surface area contributed by atoms with E-state index < -0.39 is 0 Å². The molecule has 90 valence electrons. The van der Waals surface area contributed by atoms with Gasteiger partial charge in [-0.2, -0.15) is 0 Å². The Labute approximate surface area is 101 Å². The van der Waals surface area contributed by atoms with E-state index in [1.807, 2.05) is 25.1 Å². The van der Waals surface area contributed by atoms with E-state index >= 15 is 0 Å². The van der Waals surface area contributed by atoms with Gasteiger partial charge >= 0.3 is 0 Å². The number of hydrogen-bond donors (Lipinski definition) is 2. The number of aryl methyl sites for hydroxylation is 1. The van der Waals surface area contributed by atoms with Crippen molar-refractivity contribution in [3.8, 4) is 5.75 Å². The molecule has 2 aromatic rings. The first-order valence-electron chi connectivity index (χ1n) is 5.62. The van der Waals surface area contributed by atoms with Gasteiger partial charge in [0.05, 0.1) is 19.1 Å². The Kier molecular flexibility index (Phi) is 3.77. The Morgan fingerprint density at radius 2 is 2.24 bits per heavy atom. The zero-order valence-electron chi connectivity index (χ0n) is 10.2. The molecule has 1 heterocycles. The number of nitrogens with one attached hydrogen (secondary N) is 2. The molecule has 4 nitrogen and oxygen atoms in total. The van der Waals surface area contributed by atoms with Gasteiger partial charge in [0.25, 0.3) is 0 Å². The first-order chi connectivity index (χ1) is 8.29. The number of rotatable bonds is 5. The van der Waals surface area contributed by atoms with Crippen molar-refractivity contribution in [2.75, 3.05) is 7.11 Å². The minimum atomic E-state index is 0.770. The lowest BCUT2D eigenvalue weighted by molar-refractivity contribution is 0.414. The van der Waals surface area contributed by atoms with E-state index in [2.05, 4.69) is 21.4 Å². The Bertz CT molecular complexity index is 479. The summed E-state index contributed by atoms with van der Waals surface area (Å²) in [7, 11) is 1.68. The summed E-state index contributed by atoms with van der Waals surface area (Å²) in [6.07, 6.45) is 1.72. The Balaban J connectivity index is 1.87. The highest BCUT2D eigenvalue weighted by Gasteiger charge is 2.00. The van der Waals surface area contributed by atoms with Gasteiger partial charge in [-0.25, -0.2) is 4.98 Å². The van der Waals surface area contributed by atoms with Gasteiger partial charge in [0.2, 0.25) is 0 Å². The van der Waals surface area contributed by atoms with Crippen LogP contribution in [0.1, 0.15) is 17.0 Å². The summed E-state index contributed by atoms with van der Waals surface area (Å²) in [5, 5.41) is 3.36. The van der Waals surface area contributed by atoms with Crippen molar-refractivity contribution >= 4 is 0 Å². The Hall–Kier alpha value is -1.81. The summed E-state index contributed by atoms with van der Waals surface area (Å²) in [4.78, 5) is 7.30. The lowest BCUT2D eigenvalue weighted by Gasteiger charge is -2.06. The van der Waals surface area contributed by atoms with E-state index in [4.69, 9.17) is 4.74 Å². The fourth-order valence-corrected chi connectivity index (χ4v) is 1.67. The van der Waals surface area contributed by atoms with E-state index in [0.29, 0.717) is 0 Å². The maximum atomic E-state index is 5.18. The normalized spacial score (nSPS) is 10.5. The summed E-state index contributed by atoms with van der Waals surface area (Å²) in [5.41, 5.74) is 3.38. The molecule has 1 aromatic heterocycles. The van der Waals surface area contributed by atoms with Gasteiger partial charge in [0, 0.05) is 18.8 Å². The molecule has 0 saturated carbocycles. The van der Waals surface area contributed by atoms with Crippen molar-refractivity contribution in [3.63, 3.8) is 0 Å². The van der Waals surface area contributed by atoms with E-state index in [0.717, 1.165) is 30.2 Å². The summed E-state index contributed by atoms with van der Waals surface area (Å²) in [5.74, 6) is 0.889. The maximum absolute atomic E-state index is 5.18. The van der Waals surface area contributed by atoms with Crippen molar-refractivity contribution < 1.29 is 4.74 Å². The van der Waals surface area contributed by atoms with Crippen molar-refractivity contribution in [2.45, 2.75) is 20.0 Å². The lowest BCUT2D eigenvalue weighted by atomic mass is 10.2. The molecule has 0 bridgehead atoms. The van der Waals surface area contributed by atoms with E-state index in [-0.39, 0.29) is 0 Å². The van der Waals surface area contributed by atoms with Crippen LogP contribution in [0.25, 0.3) is 0 Å². The van der Waals surface area contributed by atoms with Gasteiger partial charge in [0.1, 0.15) is 5.75 Å². The zero-order valence-corrected chi connectivity index (χ0v) is 10.2. The highest BCUT2D eigenvalue weighted by atomic mass is 16.5. The number of H-pyrrole nitrogens is 1. The fraction of sp³-hybridized carbons (Fsp3) is 0.308. The minimum Gasteiger partial charge on any atom is -0.497 e. The van der Waals surface area contributed by atoms with Crippen molar-refractivity contribution in [2.24, 2.45) is 0 Å². The second-order valence-corrected chi connectivity index (χ2v) is 3.93.